The van der Waals surface area contributed by atoms with E-state index in [2.05, 4.69) is 243 Å². The summed E-state index contributed by atoms with van der Waals surface area (Å²) < 4.78 is 0. The lowest BCUT2D eigenvalue weighted by Crippen LogP contribution is -1.98. The van der Waals surface area contributed by atoms with Gasteiger partial charge < -0.3 is 0 Å². The fourth-order valence-corrected chi connectivity index (χ4v) is 7.89. The number of benzene rings is 9. The van der Waals surface area contributed by atoms with Gasteiger partial charge in [0.25, 0.3) is 0 Å². The molecule has 0 aliphatic carbocycles. The van der Waals surface area contributed by atoms with Gasteiger partial charge >= 0.3 is 0 Å². The van der Waals surface area contributed by atoms with E-state index in [4.69, 9.17) is 0 Å². The third-order valence-electron chi connectivity index (χ3n) is 10.5. The molecule has 0 amide bonds. The van der Waals surface area contributed by atoms with E-state index in [0.717, 1.165) is 11.1 Å². The van der Waals surface area contributed by atoms with Gasteiger partial charge in [-0.25, -0.2) is 0 Å². The summed E-state index contributed by atoms with van der Waals surface area (Å²) in [7, 11) is 0. The van der Waals surface area contributed by atoms with Crippen molar-refractivity contribution in [3.05, 3.63) is 265 Å². The van der Waals surface area contributed by atoms with Crippen LogP contribution < -0.4 is 0 Å². The topological polar surface area (TPSA) is 0 Å². The summed E-state index contributed by atoms with van der Waals surface area (Å²) in [5.74, 6) is 0. The van der Waals surface area contributed by atoms with Crippen LogP contribution in [-0.4, -0.2) is 0 Å². The fourth-order valence-electron chi connectivity index (χ4n) is 7.89. The molecule has 0 heterocycles. The van der Waals surface area contributed by atoms with Crippen molar-refractivity contribution in [2.24, 2.45) is 0 Å². The normalized spacial score (nSPS) is 10.9. The molecule has 0 unspecified atom stereocenters. The lowest BCUT2D eigenvalue weighted by Gasteiger charge is -2.19. The lowest BCUT2D eigenvalue weighted by atomic mass is 9.84. The van der Waals surface area contributed by atoms with Gasteiger partial charge in [-0.15, -0.1) is 0 Å². The summed E-state index contributed by atoms with van der Waals surface area (Å²) in [5.41, 5.74) is 19.0. The molecular weight excluding hydrogens is 673 g/mol. The molecule has 56 heavy (non-hydrogen) atoms. The van der Waals surface area contributed by atoms with E-state index >= 15 is 0 Å². The number of rotatable bonds is 9. The maximum Gasteiger partial charge on any atom is -0.00266 e. The van der Waals surface area contributed by atoms with E-state index in [-0.39, 0.29) is 0 Å². The molecule has 0 saturated carbocycles. The van der Waals surface area contributed by atoms with E-state index in [9.17, 15) is 0 Å². The molecule has 0 aliphatic rings. The Labute approximate surface area is 330 Å². The van der Waals surface area contributed by atoms with Gasteiger partial charge in [-0.05, 0) is 113 Å². The molecule has 0 N–H and O–H groups in total. The minimum Gasteiger partial charge on any atom is -0.0622 e. The zero-order valence-electron chi connectivity index (χ0n) is 31.1. The molecule has 0 spiro atoms. The van der Waals surface area contributed by atoms with Crippen molar-refractivity contribution in [3.8, 4) is 55.6 Å². The fraction of sp³-hybridized carbons (Fsp3) is 0. The minimum atomic E-state index is 1.16. The van der Waals surface area contributed by atoms with Crippen LogP contribution in [0.4, 0.5) is 0 Å². The van der Waals surface area contributed by atoms with Crippen LogP contribution in [0.5, 0.6) is 0 Å². The zero-order chi connectivity index (χ0) is 37.5. The Balaban J connectivity index is 1.29. The smallest absolute Gasteiger partial charge is 0.00266 e. The molecule has 0 atom stereocenters. The maximum absolute atomic E-state index is 2.38. The monoisotopic (exact) mass is 712 g/mol. The van der Waals surface area contributed by atoms with Gasteiger partial charge in [-0.3, -0.25) is 0 Å². The van der Waals surface area contributed by atoms with Crippen molar-refractivity contribution >= 4 is 11.1 Å². The molecule has 0 radical (unpaired) electrons. The molecule has 0 aromatic heterocycles. The van der Waals surface area contributed by atoms with Crippen molar-refractivity contribution in [2.75, 3.05) is 0 Å². The molecule has 0 fully saturated rings. The van der Waals surface area contributed by atoms with Gasteiger partial charge in [0.1, 0.15) is 0 Å². The van der Waals surface area contributed by atoms with Gasteiger partial charge in [0.05, 0.1) is 0 Å². The average molecular weight is 713 g/mol. The van der Waals surface area contributed by atoms with E-state index < -0.39 is 0 Å². The Morgan fingerprint density at radius 2 is 0.464 bits per heavy atom. The summed E-state index contributed by atoms with van der Waals surface area (Å²) in [6.45, 7) is 0. The Hall–Kier alpha value is -7.28. The third-order valence-corrected chi connectivity index (χ3v) is 10.5. The van der Waals surface area contributed by atoms with Crippen molar-refractivity contribution in [1.29, 1.82) is 0 Å². The highest BCUT2D eigenvalue weighted by atomic mass is 14.2. The van der Waals surface area contributed by atoms with Crippen LogP contribution >= 0.6 is 0 Å². The zero-order valence-corrected chi connectivity index (χ0v) is 31.1. The van der Waals surface area contributed by atoms with Crippen LogP contribution in [0.2, 0.25) is 0 Å². The number of hydrogen-bond acceptors (Lipinski definition) is 0. The Morgan fingerprint density at radius 3 is 0.875 bits per heavy atom. The van der Waals surface area contributed by atoms with E-state index in [1.807, 2.05) is 0 Å². The second kappa shape index (κ2) is 16.0. The van der Waals surface area contributed by atoms with Crippen LogP contribution in [0.1, 0.15) is 22.3 Å². The Kier molecular flexibility index (Phi) is 9.84. The van der Waals surface area contributed by atoms with Crippen molar-refractivity contribution < 1.29 is 0 Å². The molecule has 0 saturated heterocycles. The minimum absolute atomic E-state index is 1.16. The van der Waals surface area contributed by atoms with Gasteiger partial charge in [-0.1, -0.05) is 218 Å². The molecule has 264 valence electrons. The second-order valence-corrected chi connectivity index (χ2v) is 14.1. The Bertz CT molecular complexity index is 2600. The standard InChI is InChI=1S/C56H40/c1-6-21-41(22-7-1)51-33-16-18-35-53(51)49-38-48(39-50(40-49)54-36-19-17-34-52(54)42-23-8-2-9-24-42)46-31-20-32-47(37-46)56(45-29-14-5-15-30-45)55(43-25-10-3-11-26-43)44-27-12-4-13-28-44/h1-40H. The molecule has 0 heteroatoms. The first-order valence-corrected chi connectivity index (χ1v) is 19.3. The van der Waals surface area contributed by atoms with Crippen LogP contribution in [0, 0.1) is 0 Å². The van der Waals surface area contributed by atoms with Crippen LogP contribution in [-0.2, 0) is 0 Å². The van der Waals surface area contributed by atoms with Gasteiger partial charge in [0.15, 0.2) is 0 Å². The maximum atomic E-state index is 2.38. The highest BCUT2D eigenvalue weighted by molar-refractivity contribution is 6.05. The van der Waals surface area contributed by atoms with Crippen molar-refractivity contribution in [3.63, 3.8) is 0 Å². The van der Waals surface area contributed by atoms with Crippen LogP contribution in [0.3, 0.4) is 0 Å². The first-order chi connectivity index (χ1) is 27.8. The largest absolute Gasteiger partial charge is 0.0622 e. The molecule has 9 aromatic rings. The van der Waals surface area contributed by atoms with Gasteiger partial charge in [-0.2, -0.15) is 0 Å². The van der Waals surface area contributed by atoms with Crippen molar-refractivity contribution in [2.45, 2.75) is 0 Å². The van der Waals surface area contributed by atoms with Gasteiger partial charge in [0.2, 0.25) is 0 Å². The second-order valence-electron chi connectivity index (χ2n) is 14.1. The number of hydrogen-bond donors (Lipinski definition) is 0. The SMILES string of the molecule is c1ccc(C(=C(c2ccccc2)c2cccc(-c3cc(-c4ccccc4-c4ccccc4)cc(-c4ccccc4-c4ccccc4)c3)c2)c2ccccc2)cc1. The predicted octanol–water partition coefficient (Wildman–Crippen LogP) is 15.0. The summed E-state index contributed by atoms with van der Waals surface area (Å²) in [4.78, 5) is 0. The first kappa shape index (κ1) is 34.5. The molecule has 0 bridgehead atoms. The first-order valence-electron chi connectivity index (χ1n) is 19.3. The predicted molar refractivity (Wildman–Crippen MR) is 238 cm³/mol. The summed E-state index contributed by atoms with van der Waals surface area (Å²) in [6.07, 6.45) is 0. The molecule has 0 nitrogen and oxygen atoms in total. The summed E-state index contributed by atoms with van der Waals surface area (Å²) >= 11 is 0. The van der Waals surface area contributed by atoms with E-state index in [1.165, 1.54) is 77.9 Å². The molecular formula is C56H40. The van der Waals surface area contributed by atoms with E-state index in [1.54, 1.807) is 0 Å². The van der Waals surface area contributed by atoms with Crippen LogP contribution in [0.15, 0.2) is 243 Å². The summed E-state index contributed by atoms with van der Waals surface area (Å²) in [5, 5.41) is 0. The average Bonchev–Trinajstić information content (AvgIpc) is 3.29. The Morgan fingerprint density at radius 1 is 0.179 bits per heavy atom. The quantitative estimate of drug-likeness (QED) is 0.131. The van der Waals surface area contributed by atoms with E-state index in [0.29, 0.717) is 0 Å². The van der Waals surface area contributed by atoms with Crippen molar-refractivity contribution in [1.82, 2.24) is 0 Å². The molecule has 9 rings (SSSR count). The summed E-state index contributed by atoms with van der Waals surface area (Å²) in [6, 6.07) is 87.6. The van der Waals surface area contributed by atoms with Crippen LogP contribution in [0.25, 0.3) is 66.8 Å². The lowest BCUT2D eigenvalue weighted by molar-refractivity contribution is 1.49. The highest BCUT2D eigenvalue weighted by Crippen LogP contribution is 2.42. The molecule has 9 aromatic carbocycles. The molecule has 0 aliphatic heterocycles. The third kappa shape index (κ3) is 7.17. The van der Waals surface area contributed by atoms with Gasteiger partial charge in [0, 0.05) is 0 Å². The highest BCUT2D eigenvalue weighted by Gasteiger charge is 2.18.